The summed E-state index contributed by atoms with van der Waals surface area (Å²) in [5.41, 5.74) is 2.79. The van der Waals surface area contributed by atoms with Crippen molar-refractivity contribution in [3.05, 3.63) is 53.9 Å². The molecule has 0 bridgehead atoms. The van der Waals surface area contributed by atoms with Gasteiger partial charge in [-0.15, -0.1) is 0 Å². The van der Waals surface area contributed by atoms with Crippen molar-refractivity contribution in [1.82, 2.24) is 9.97 Å². The maximum absolute atomic E-state index is 5.45. The average molecular weight is 295 g/mol. The quantitative estimate of drug-likeness (QED) is 0.864. The Hall–Kier alpha value is -2.36. The molecule has 4 nitrogen and oxygen atoms in total. The summed E-state index contributed by atoms with van der Waals surface area (Å²) in [6, 6.07) is 12.4. The second-order valence-corrected chi connectivity index (χ2v) is 5.35. The van der Waals surface area contributed by atoms with Gasteiger partial charge in [0.15, 0.2) is 0 Å². The van der Waals surface area contributed by atoms with Gasteiger partial charge in [-0.3, -0.25) is 0 Å². The van der Waals surface area contributed by atoms with Gasteiger partial charge in [-0.25, -0.2) is 9.97 Å². The van der Waals surface area contributed by atoms with Crippen LogP contribution in [0.4, 0.5) is 5.82 Å². The van der Waals surface area contributed by atoms with Crippen molar-refractivity contribution in [3.8, 4) is 5.88 Å². The van der Waals surface area contributed by atoms with E-state index in [1.54, 1.807) is 6.33 Å². The van der Waals surface area contributed by atoms with Crippen molar-refractivity contribution in [2.24, 2.45) is 0 Å². The number of hydrogen-bond donors (Lipinski definition) is 0. The number of aromatic nitrogens is 2. The van der Waals surface area contributed by atoms with E-state index >= 15 is 0 Å². The van der Waals surface area contributed by atoms with Crippen LogP contribution in [-0.4, -0.2) is 29.7 Å². The Morgan fingerprint density at radius 3 is 2.64 bits per heavy atom. The molecule has 0 N–H and O–H groups in total. The Bertz CT molecular complexity index is 630. The van der Waals surface area contributed by atoms with Gasteiger partial charge < -0.3 is 9.64 Å². The molecular weight excluding hydrogens is 274 g/mol. The lowest BCUT2D eigenvalue weighted by atomic mass is 10.0. The molecular formula is C18H21N3O. The maximum atomic E-state index is 5.45. The zero-order chi connectivity index (χ0) is 15.2. The zero-order valence-corrected chi connectivity index (χ0v) is 12.9. The van der Waals surface area contributed by atoms with Gasteiger partial charge in [0.05, 0.1) is 6.61 Å². The van der Waals surface area contributed by atoms with Gasteiger partial charge in [0, 0.05) is 19.2 Å². The van der Waals surface area contributed by atoms with E-state index in [0.717, 1.165) is 31.7 Å². The first-order valence-corrected chi connectivity index (χ1v) is 7.79. The molecule has 0 aliphatic carbocycles. The third-order valence-corrected chi connectivity index (χ3v) is 3.82. The SMILES string of the molecule is CCOc1cc(N2CCC(=Cc3ccccc3)CC2)ncn1. The minimum Gasteiger partial charge on any atom is -0.478 e. The van der Waals surface area contributed by atoms with Crippen LogP contribution >= 0.6 is 0 Å². The minimum absolute atomic E-state index is 0.625. The topological polar surface area (TPSA) is 38.2 Å². The molecule has 114 valence electrons. The lowest BCUT2D eigenvalue weighted by molar-refractivity contribution is 0.326. The van der Waals surface area contributed by atoms with Crippen LogP contribution in [0.25, 0.3) is 6.08 Å². The molecule has 1 aromatic heterocycles. The summed E-state index contributed by atoms with van der Waals surface area (Å²) < 4.78 is 5.45. The predicted octanol–water partition coefficient (Wildman–Crippen LogP) is 3.56. The molecule has 0 amide bonds. The van der Waals surface area contributed by atoms with E-state index in [1.807, 2.05) is 13.0 Å². The molecule has 0 saturated carbocycles. The highest BCUT2D eigenvalue weighted by atomic mass is 16.5. The molecule has 3 rings (SSSR count). The Labute approximate surface area is 131 Å². The molecule has 22 heavy (non-hydrogen) atoms. The molecule has 4 heteroatoms. The molecule has 0 spiro atoms. The Morgan fingerprint density at radius 2 is 1.91 bits per heavy atom. The summed E-state index contributed by atoms with van der Waals surface area (Å²) in [7, 11) is 0. The van der Waals surface area contributed by atoms with Crippen LogP contribution in [0, 0.1) is 0 Å². The number of benzene rings is 1. The molecule has 1 saturated heterocycles. The first-order valence-electron chi connectivity index (χ1n) is 7.79. The van der Waals surface area contributed by atoms with Crippen LogP contribution in [0.5, 0.6) is 5.88 Å². The minimum atomic E-state index is 0.625. The Balaban J connectivity index is 1.64. The standard InChI is InChI=1S/C18H21N3O/c1-2-22-18-13-17(19-14-20-18)21-10-8-16(9-11-21)12-15-6-4-3-5-7-15/h3-7,12-14H,2,8-11H2,1H3. The van der Waals surface area contributed by atoms with Crippen LogP contribution in [0.1, 0.15) is 25.3 Å². The van der Waals surface area contributed by atoms with E-state index in [0.29, 0.717) is 12.5 Å². The molecule has 1 aliphatic heterocycles. The van der Waals surface area contributed by atoms with Gasteiger partial charge >= 0.3 is 0 Å². The second-order valence-electron chi connectivity index (χ2n) is 5.35. The predicted molar refractivity (Wildman–Crippen MR) is 89.1 cm³/mol. The lowest BCUT2D eigenvalue weighted by Crippen LogP contribution is -2.31. The zero-order valence-electron chi connectivity index (χ0n) is 12.9. The molecule has 0 atom stereocenters. The molecule has 1 fully saturated rings. The highest BCUT2D eigenvalue weighted by Crippen LogP contribution is 2.24. The highest BCUT2D eigenvalue weighted by Gasteiger charge is 2.16. The normalized spacial score (nSPS) is 14.8. The largest absolute Gasteiger partial charge is 0.478 e. The van der Waals surface area contributed by atoms with Crippen molar-refractivity contribution in [3.63, 3.8) is 0 Å². The number of hydrogen-bond acceptors (Lipinski definition) is 4. The van der Waals surface area contributed by atoms with Crippen LogP contribution in [0.2, 0.25) is 0 Å². The van der Waals surface area contributed by atoms with Crippen molar-refractivity contribution >= 4 is 11.9 Å². The summed E-state index contributed by atoms with van der Waals surface area (Å²) in [5.74, 6) is 1.61. The molecule has 2 heterocycles. The summed E-state index contributed by atoms with van der Waals surface area (Å²) in [6.45, 7) is 4.56. The van der Waals surface area contributed by atoms with Crippen molar-refractivity contribution < 1.29 is 4.74 Å². The lowest BCUT2D eigenvalue weighted by Gasteiger charge is -2.29. The van der Waals surface area contributed by atoms with E-state index in [1.165, 1.54) is 11.1 Å². The molecule has 1 aromatic carbocycles. The third kappa shape index (κ3) is 3.64. The van der Waals surface area contributed by atoms with Crippen molar-refractivity contribution in [1.29, 1.82) is 0 Å². The van der Waals surface area contributed by atoms with Gasteiger partial charge in [-0.05, 0) is 25.3 Å². The van der Waals surface area contributed by atoms with Crippen molar-refractivity contribution in [2.45, 2.75) is 19.8 Å². The second kappa shape index (κ2) is 7.07. The number of anilines is 1. The van der Waals surface area contributed by atoms with E-state index in [2.05, 4.69) is 51.3 Å². The van der Waals surface area contributed by atoms with Gasteiger partial charge in [0.1, 0.15) is 12.1 Å². The van der Waals surface area contributed by atoms with Crippen LogP contribution in [0.15, 0.2) is 48.3 Å². The van der Waals surface area contributed by atoms with Crippen LogP contribution in [-0.2, 0) is 0 Å². The maximum Gasteiger partial charge on any atom is 0.218 e. The smallest absolute Gasteiger partial charge is 0.218 e. The Kier molecular flexibility index (Phi) is 4.68. The fourth-order valence-corrected chi connectivity index (χ4v) is 2.68. The molecule has 1 aliphatic rings. The van der Waals surface area contributed by atoms with Crippen LogP contribution in [0.3, 0.4) is 0 Å². The molecule has 0 unspecified atom stereocenters. The summed E-state index contributed by atoms with van der Waals surface area (Å²) in [5, 5.41) is 0. The summed E-state index contributed by atoms with van der Waals surface area (Å²) >= 11 is 0. The highest BCUT2D eigenvalue weighted by molar-refractivity contribution is 5.54. The first-order chi connectivity index (χ1) is 10.8. The number of rotatable bonds is 4. The van der Waals surface area contributed by atoms with E-state index < -0.39 is 0 Å². The number of piperidine rings is 1. The number of ether oxygens (including phenoxy) is 1. The van der Waals surface area contributed by atoms with E-state index in [9.17, 15) is 0 Å². The average Bonchev–Trinajstić information content (AvgIpc) is 2.57. The first kappa shape index (κ1) is 14.6. The molecule has 0 radical (unpaired) electrons. The van der Waals surface area contributed by atoms with Gasteiger partial charge in [0.2, 0.25) is 5.88 Å². The van der Waals surface area contributed by atoms with E-state index in [-0.39, 0.29) is 0 Å². The third-order valence-electron chi connectivity index (χ3n) is 3.82. The van der Waals surface area contributed by atoms with Gasteiger partial charge in [0.25, 0.3) is 0 Å². The monoisotopic (exact) mass is 295 g/mol. The van der Waals surface area contributed by atoms with E-state index in [4.69, 9.17) is 4.74 Å². The summed E-state index contributed by atoms with van der Waals surface area (Å²) in [4.78, 5) is 10.8. The van der Waals surface area contributed by atoms with Gasteiger partial charge in [-0.2, -0.15) is 0 Å². The fourth-order valence-electron chi connectivity index (χ4n) is 2.68. The van der Waals surface area contributed by atoms with Crippen molar-refractivity contribution in [2.75, 3.05) is 24.6 Å². The number of nitrogens with zero attached hydrogens (tertiary/aromatic N) is 3. The Morgan fingerprint density at radius 1 is 1.14 bits per heavy atom. The fraction of sp³-hybridized carbons (Fsp3) is 0.333. The van der Waals surface area contributed by atoms with Gasteiger partial charge in [-0.1, -0.05) is 42.0 Å². The molecule has 2 aromatic rings. The van der Waals surface area contributed by atoms with Crippen LogP contribution < -0.4 is 9.64 Å². The summed E-state index contributed by atoms with van der Waals surface area (Å²) in [6.07, 6.45) is 6.03.